The molecule has 0 aliphatic rings. The standard InChI is InChI=1S/C16H18N2O3/c19-11-13(20)10-17-15-9-5-4-8-14(15)16(21)18-12-6-2-1-3-7-12/h1-9,13,17,19-20H,10-11H2,(H,18,21). The molecule has 1 atom stereocenters. The molecule has 0 fully saturated rings. The molecule has 0 saturated heterocycles. The van der Waals surface area contributed by atoms with Crippen LogP contribution in [0, 0.1) is 0 Å². The van der Waals surface area contributed by atoms with Crippen molar-refractivity contribution in [1.29, 1.82) is 0 Å². The van der Waals surface area contributed by atoms with Crippen molar-refractivity contribution in [1.82, 2.24) is 0 Å². The van der Waals surface area contributed by atoms with E-state index in [9.17, 15) is 9.90 Å². The van der Waals surface area contributed by atoms with Crippen molar-refractivity contribution < 1.29 is 15.0 Å². The first-order valence-corrected chi connectivity index (χ1v) is 6.69. The predicted octanol–water partition coefficient (Wildman–Crippen LogP) is 1.70. The number of aliphatic hydroxyl groups excluding tert-OH is 2. The molecule has 0 radical (unpaired) electrons. The van der Waals surface area contributed by atoms with Gasteiger partial charge in [-0.1, -0.05) is 30.3 Å². The Morgan fingerprint density at radius 1 is 1.05 bits per heavy atom. The summed E-state index contributed by atoms with van der Waals surface area (Å²) >= 11 is 0. The maximum atomic E-state index is 12.3. The van der Waals surface area contributed by atoms with Crippen LogP contribution in [0.15, 0.2) is 54.6 Å². The molecule has 0 aliphatic heterocycles. The topological polar surface area (TPSA) is 81.6 Å². The lowest BCUT2D eigenvalue weighted by Crippen LogP contribution is -2.24. The van der Waals surface area contributed by atoms with Crippen LogP contribution in [0.5, 0.6) is 0 Å². The molecule has 0 bridgehead atoms. The Kier molecular flexibility index (Phi) is 5.31. The SMILES string of the molecule is O=C(Nc1ccccc1)c1ccccc1NCC(O)CO. The van der Waals surface area contributed by atoms with Crippen LogP contribution in [0.25, 0.3) is 0 Å². The van der Waals surface area contributed by atoms with E-state index in [2.05, 4.69) is 10.6 Å². The van der Waals surface area contributed by atoms with Gasteiger partial charge in [-0.05, 0) is 24.3 Å². The van der Waals surface area contributed by atoms with Crippen LogP contribution >= 0.6 is 0 Å². The van der Waals surface area contributed by atoms with Gasteiger partial charge < -0.3 is 20.8 Å². The average molecular weight is 286 g/mol. The number of carbonyl (C=O) groups is 1. The lowest BCUT2D eigenvalue weighted by Gasteiger charge is -2.14. The Bertz CT molecular complexity index is 587. The quantitative estimate of drug-likeness (QED) is 0.651. The molecule has 1 amide bonds. The highest BCUT2D eigenvalue weighted by atomic mass is 16.3. The number of anilines is 2. The van der Waals surface area contributed by atoms with Gasteiger partial charge in [-0.2, -0.15) is 0 Å². The Morgan fingerprint density at radius 2 is 1.71 bits per heavy atom. The Hall–Kier alpha value is -2.37. The summed E-state index contributed by atoms with van der Waals surface area (Å²) < 4.78 is 0. The number of nitrogens with one attached hydrogen (secondary N) is 2. The second-order valence-corrected chi connectivity index (χ2v) is 4.58. The molecule has 0 aromatic heterocycles. The van der Waals surface area contributed by atoms with Crippen molar-refractivity contribution in [2.24, 2.45) is 0 Å². The lowest BCUT2D eigenvalue weighted by atomic mass is 10.1. The van der Waals surface area contributed by atoms with Crippen LogP contribution in [0.3, 0.4) is 0 Å². The fourth-order valence-electron chi connectivity index (χ4n) is 1.85. The summed E-state index contributed by atoms with van der Waals surface area (Å²) in [4.78, 5) is 12.3. The zero-order valence-corrected chi connectivity index (χ0v) is 11.5. The molecule has 21 heavy (non-hydrogen) atoms. The molecule has 0 saturated carbocycles. The van der Waals surface area contributed by atoms with Gasteiger partial charge in [0.15, 0.2) is 0 Å². The van der Waals surface area contributed by atoms with E-state index in [1.165, 1.54) is 0 Å². The largest absolute Gasteiger partial charge is 0.394 e. The number of aliphatic hydroxyl groups is 2. The summed E-state index contributed by atoms with van der Waals surface area (Å²) in [6.07, 6.45) is -0.866. The Labute approximate surface area is 123 Å². The third-order valence-electron chi connectivity index (χ3n) is 2.94. The van der Waals surface area contributed by atoms with Crippen LogP contribution in [0.2, 0.25) is 0 Å². The number of benzene rings is 2. The van der Waals surface area contributed by atoms with E-state index in [4.69, 9.17) is 5.11 Å². The maximum absolute atomic E-state index is 12.3. The van der Waals surface area contributed by atoms with Gasteiger partial charge in [-0.15, -0.1) is 0 Å². The minimum absolute atomic E-state index is 0.173. The minimum atomic E-state index is -0.866. The first-order valence-electron chi connectivity index (χ1n) is 6.69. The molecule has 2 aromatic carbocycles. The maximum Gasteiger partial charge on any atom is 0.257 e. The Balaban J connectivity index is 2.10. The van der Waals surface area contributed by atoms with Crippen molar-refractivity contribution in [3.8, 4) is 0 Å². The van der Waals surface area contributed by atoms with E-state index < -0.39 is 6.10 Å². The van der Waals surface area contributed by atoms with E-state index in [0.717, 1.165) is 0 Å². The monoisotopic (exact) mass is 286 g/mol. The molecule has 0 heterocycles. The van der Waals surface area contributed by atoms with Crippen molar-refractivity contribution in [3.05, 3.63) is 60.2 Å². The van der Waals surface area contributed by atoms with Crippen molar-refractivity contribution >= 4 is 17.3 Å². The highest BCUT2D eigenvalue weighted by Gasteiger charge is 2.12. The second kappa shape index (κ2) is 7.42. The highest BCUT2D eigenvalue weighted by molar-refractivity contribution is 6.08. The molecule has 2 rings (SSSR count). The molecule has 110 valence electrons. The number of para-hydroxylation sites is 2. The van der Waals surface area contributed by atoms with Crippen LogP contribution in [0.1, 0.15) is 10.4 Å². The van der Waals surface area contributed by atoms with E-state index in [0.29, 0.717) is 16.9 Å². The molecule has 5 nitrogen and oxygen atoms in total. The number of hydrogen-bond donors (Lipinski definition) is 4. The van der Waals surface area contributed by atoms with Crippen LogP contribution in [-0.4, -0.2) is 35.4 Å². The molecule has 1 unspecified atom stereocenters. The van der Waals surface area contributed by atoms with E-state index in [-0.39, 0.29) is 19.1 Å². The molecular weight excluding hydrogens is 268 g/mol. The van der Waals surface area contributed by atoms with Crippen molar-refractivity contribution in [2.45, 2.75) is 6.10 Å². The second-order valence-electron chi connectivity index (χ2n) is 4.58. The van der Waals surface area contributed by atoms with Gasteiger partial charge >= 0.3 is 0 Å². The number of hydrogen-bond acceptors (Lipinski definition) is 4. The van der Waals surface area contributed by atoms with Crippen LogP contribution in [0.4, 0.5) is 11.4 Å². The van der Waals surface area contributed by atoms with Gasteiger partial charge in [0.1, 0.15) is 0 Å². The minimum Gasteiger partial charge on any atom is -0.394 e. The predicted molar refractivity (Wildman–Crippen MR) is 82.4 cm³/mol. The highest BCUT2D eigenvalue weighted by Crippen LogP contribution is 2.17. The zero-order valence-electron chi connectivity index (χ0n) is 11.5. The molecular formula is C16H18N2O3. The summed E-state index contributed by atoms with van der Waals surface area (Å²) in [5.74, 6) is -0.234. The summed E-state index contributed by atoms with van der Waals surface area (Å²) in [7, 11) is 0. The van der Waals surface area contributed by atoms with Gasteiger partial charge in [0.25, 0.3) is 5.91 Å². The van der Waals surface area contributed by atoms with Gasteiger partial charge in [-0.25, -0.2) is 0 Å². The van der Waals surface area contributed by atoms with Crippen LogP contribution < -0.4 is 10.6 Å². The third kappa shape index (κ3) is 4.30. The number of carbonyl (C=O) groups excluding carboxylic acids is 1. The number of rotatable bonds is 6. The Morgan fingerprint density at radius 3 is 2.43 bits per heavy atom. The molecule has 0 aliphatic carbocycles. The molecule has 4 N–H and O–H groups in total. The summed E-state index contributed by atoms with van der Waals surface area (Å²) in [6, 6.07) is 16.2. The molecule has 0 spiro atoms. The zero-order chi connectivity index (χ0) is 15.1. The fourth-order valence-corrected chi connectivity index (χ4v) is 1.85. The van der Waals surface area contributed by atoms with Gasteiger partial charge in [0.05, 0.1) is 18.3 Å². The molecule has 5 heteroatoms. The van der Waals surface area contributed by atoms with Gasteiger partial charge in [0.2, 0.25) is 0 Å². The van der Waals surface area contributed by atoms with E-state index in [1.807, 2.05) is 30.3 Å². The first-order chi connectivity index (χ1) is 10.2. The summed E-state index contributed by atoms with van der Waals surface area (Å²) in [5.41, 5.74) is 1.80. The smallest absolute Gasteiger partial charge is 0.257 e. The normalized spacial score (nSPS) is 11.7. The van der Waals surface area contributed by atoms with Crippen molar-refractivity contribution in [2.75, 3.05) is 23.8 Å². The van der Waals surface area contributed by atoms with Crippen LogP contribution in [-0.2, 0) is 0 Å². The average Bonchev–Trinajstić information content (AvgIpc) is 2.53. The first kappa shape index (κ1) is 15.0. The van der Waals surface area contributed by atoms with Gasteiger partial charge in [0, 0.05) is 17.9 Å². The lowest BCUT2D eigenvalue weighted by molar-refractivity contribution is 0.102. The van der Waals surface area contributed by atoms with E-state index >= 15 is 0 Å². The summed E-state index contributed by atoms with van der Waals surface area (Å²) in [6.45, 7) is -0.155. The summed E-state index contributed by atoms with van der Waals surface area (Å²) in [5, 5.41) is 24.0. The van der Waals surface area contributed by atoms with E-state index in [1.54, 1.807) is 24.3 Å². The molecule has 2 aromatic rings. The van der Waals surface area contributed by atoms with Crippen molar-refractivity contribution in [3.63, 3.8) is 0 Å². The van der Waals surface area contributed by atoms with Gasteiger partial charge in [-0.3, -0.25) is 4.79 Å². The fraction of sp³-hybridized carbons (Fsp3) is 0.188. The third-order valence-corrected chi connectivity index (χ3v) is 2.94. The number of amides is 1.